The van der Waals surface area contributed by atoms with Crippen LogP contribution in [0.4, 0.5) is 15.0 Å². The number of pyridine rings is 1. The van der Waals surface area contributed by atoms with Gasteiger partial charge >= 0.3 is 6.09 Å². The molecule has 0 spiro atoms. The standard InChI is InChI=1S/C20H21FN6O2/c21-15-8-14(10-22-11-15)16-2-1-6-26(16)18-5-7-27-19(25-18)17(12-24-27)29-20(28)23-9-13-3-4-13/h5,7-8,10-13,16H,1-4,6,9H2,(H,23,28)/t16-/m1/s1. The number of carbonyl (C=O) groups is 1. The first-order valence-corrected chi connectivity index (χ1v) is 9.84. The Hall–Kier alpha value is -3.23. The van der Waals surface area contributed by atoms with Gasteiger partial charge in [0, 0.05) is 25.5 Å². The highest BCUT2D eigenvalue weighted by Crippen LogP contribution is 2.35. The molecule has 2 fully saturated rings. The van der Waals surface area contributed by atoms with Crippen LogP contribution < -0.4 is 15.0 Å². The number of ether oxygens (including phenoxy) is 1. The van der Waals surface area contributed by atoms with E-state index in [2.05, 4.69) is 25.3 Å². The molecule has 9 heteroatoms. The van der Waals surface area contributed by atoms with Crippen LogP contribution in [0.15, 0.2) is 36.9 Å². The number of aromatic nitrogens is 4. The molecule has 3 aromatic rings. The van der Waals surface area contributed by atoms with E-state index in [9.17, 15) is 9.18 Å². The summed E-state index contributed by atoms with van der Waals surface area (Å²) < 4.78 is 20.6. The number of hydrogen-bond acceptors (Lipinski definition) is 6. The van der Waals surface area contributed by atoms with Gasteiger partial charge in [-0.15, -0.1) is 0 Å². The number of amides is 1. The molecule has 1 aliphatic heterocycles. The third kappa shape index (κ3) is 3.72. The normalized spacial score (nSPS) is 18.9. The molecule has 0 bridgehead atoms. The van der Waals surface area contributed by atoms with Crippen molar-refractivity contribution < 1.29 is 13.9 Å². The highest BCUT2D eigenvalue weighted by molar-refractivity contribution is 5.73. The summed E-state index contributed by atoms with van der Waals surface area (Å²) in [5, 5.41) is 6.98. The molecule has 1 saturated carbocycles. The number of rotatable bonds is 5. The highest BCUT2D eigenvalue weighted by atomic mass is 19.1. The number of nitrogens with zero attached hydrogens (tertiary/aromatic N) is 5. The van der Waals surface area contributed by atoms with E-state index in [0.717, 1.165) is 43.6 Å². The molecule has 29 heavy (non-hydrogen) atoms. The van der Waals surface area contributed by atoms with Crippen molar-refractivity contribution >= 4 is 17.6 Å². The topological polar surface area (TPSA) is 84.6 Å². The second-order valence-corrected chi connectivity index (χ2v) is 7.56. The van der Waals surface area contributed by atoms with Crippen molar-refractivity contribution in [2.24, 2.45) is 5.92 Å². The van der Waals surface area contributed by atoms with Gasteiger partial charge in [-0.25, -0.2) is 18.7 Å². The van der Waals surface area contributed by atoms with E-state index in [0.29, 0.717) is 23.9 Å². The average molecular weight is 396 g/mol. The monoisotopic (exact) mass is 396 g/mol. The van der Waals surface area contributed by atoms with Crippen LogP contribution in [0.25, 0.3) is 5.65 Å². The minimum atomic E-state index is -0.496. The molecule has 0 unspecified atom stereocenters. The van der Waals surface area contributed by atoms with Crippen LogP contribution in [-0.4, -0.2) is 38.8 Å². The lowest BCUT2D eigenvalue weighted by molar-refractivity contribution is 0.200. The maximum Gasteiger partial charge on any atom is 0.412 e. The van der Waals surface area contributed by atoms with Crippen molar-refractivity contribution in [1.29, 1.82) is 0 Å². The predicted molar refractivity (Wildman–Crippen MR) is 103 cm³/mol. The van der Waals surface area contributed by atoms with Gasteiger partial charge in [0.15, 0.2) is 5.75 Å². The van der Waals surface area contributed by atoms with Crippen LogP contribution in [-0.2, 0) is 0 Å². The lowest BCUT2D eigenvalue weighted by atomic mass is 10.1. The van der Waals surface area contributed by atoms with E-state index in [1.807, 2.05) is 6.07 Å². The summed E-state index contributed by atoms with van der Waals surface area (Å²) in [5.41, 5.74) is 1.29. The molecule has 0 aromatic carbocycles. The number of fused-ring (bicyclic) bond motifs is 1. The van der Waals surface area contributed by atoms with Gasteiger partial charge < -0.3 is 15.0 Å². The Kier molecular flexibility index (Phi) is 4.49. The van der Waals surface area contributed by atoms with Crippen molar-refractivity contribution in [3.63, 3.8) is 0 Å². The fraction of sp³-hybridized carbons (Fsp3) is 0.400. The third-order valence-electron chi connectivity index (χ3n) is 5.41. The second-order valence-electron chi connectivity index (χ2n) is 7.56. The molecule has 1 amide bonds. The molecule has 150 valence electrons. The molecule has 0 radical (unpaired) electrons. The number of hydrogen-bond donors (Lipinski definition) is 1. The van der Waals surface area contributed by atoms with Crippen LogP contribution in [0.5, 0.6) is 5.75 Å². The van der Waals surface area contributed by atoms with Crippen molar-refractivity contribution in [3.05, 3.63) is 48.3 Å². The fourth-order valence-corrected chi connectivity index (χ4v) is 3.75. The average Bonchev–Trinajstić information content (AvgIpc) is 3.28. The van der Waals surface area contributed by atoms with E-state index in [-0.39, 0.29) is 11.9 Å². The zero-order valence-electron chi connectivity index (χ0n) is 15.8. The van der Waals surface area contributed by atoms with Gasteiger partial charge in [-0.1, -0.05) is 0 Å². The van der Waals surface area contributed by atoms with E-state index in [1.54, 1.807) is 16.9 Å². The van der Waals surface area contributed by atoms with E-state index in [4.69, 9.17) is 4.74 Å². The molecule has 3 aromatic heterocycles. The second kappa shape index (κ2) is 7.31. The summed E-state index contributed by atoms with van der Waals surface area (Å²) >= 11 is 0. The van der Waals surface area contributed by atoms with E-state index >= 15 is 0 Å². The van der Waals surface area contributed by atoms with Gasteiger partial charge in [0.1, 0.15) is 11.6 Å². The van der Waals surface area contributed by atoms with Crippen LogP contribution >= 0.6 is 0 Å². The Labute approximate surface area is 166 Å². The van der Waals surface area contributed by atoms with Gasteiger partial charge in [-0.2, -0.15) is 5.10 Å². The van der Waals surface area contributed by atoms with Crippen molar-refractivity contribution in [2.45, 2.75) is 31.7 Å². The Bertz CT molecular complexity index is 1050. The van der Waals surface area contributed by atoms with Gasteiger partial charge in [-0.05, 0) is 49.3 Å². The largest absolute Gasteiger partial charge is 0.412 e. The Morgan fingerprint density at radius 3 is 3.00 bits per heavy atom. The maximum atomic E-state index is 13.6. The maximum absolute atomic E-state index is 13.6. The molecule has 4 heterocycles. The number of carbonyl (C=O) groups excluding carboxylic acids is 1. The molecular weight excluding hydrogens is 375 g/mol. The molecule has 5 rings (SSSR count). The molecule has 1 aliphatic carbocycles. The van der Waals surface area contributed by atoms with Crippen LogP contribution in [0, 0.1) is 11.7 Å². The van der Waals surface area contributed by atoms with Crippen LogP contribution in [0.3, 0.4) is 0 Å². The predicted octanol–water partition coefficient (Wildman–Crippen LogP) is 3.10. The molecular formula is C20H21FN6O2. The molecule has 1 saturated heterocycles. The van der Waals surface area contributed by atoms with Gasteiger partial charge in [0.2, 0.25) is 5.65 Å². The first-order valence-electron chi connectivity index (χ1n) is 9.84. The SMILES string of the molecule is O=C(NCC1CC1)Oc1cnn2ccc(N3CCC[C@@H]3c3cncc(F)c3)nc12. The molecule has 1 atom stereocenters. The summed E-state index contributed by atoms with van der Waals surface area (Å²) in [6.45, 7) is 1.43. The summed E-state index contributed by atoms with van der Waals surface area (Å²) in [6, 6.07) is 3.39. The Balaban J connectivity index is 1.39. The quantitative estimate of drug-likeness (QED) is 0.713. The van der Waals surface area contributed by atoms with Crippen LogP contribution in [0.1, 0.15) is 37.3 Å². The summed E-state index contributed by atoms with van der Waals surface area (Å²) in [4.78, 5) is 22.8. The fourth-order valence-electron chi connectivity index (χ4n) is 3.75. The van der Waals surface area contributed by atoms with E-state index in [1.165, 1.54) is 18.5 Å². The minimum Gasteiger partial charge on any atom is -0.405 e. The lowest BCUT2D eigenvalue weighted by Crippen LogP contribution is -2.28. The summed E-state index contributed by atoms with van der Waals surface area (Å²) in [7, 11) is 0. The zero-order chi connectivity index (χ0) is 19.8. The van der Waals surface area contributed by atoms with Gasteiger partial charge in [0.05, 0.1) is 18.4 Å². The van der Waals surface area contributed by atoms with Gasteiger partial charge in [-0.3, -0.25) is 4.98 Å². The smallest absolute Gasteiger partial charge is 0.405 e. The lowest BCUT2D eigenvalue weighted by Gasteiger charge is -2.26. The van der Waals surface area contributed by atoms with Crippen molar-refractivity contribution in [1.82, 2.24) is 24.9 Å². The molecule has 2 aliphatic rings. The first kappa shape index (κ1) is 17.8. The summed E-state index contributed by atoms with van der Waals surface area (Å²) in [5.74, 6) is 1.26. The van der Waals surface area contributed by atoms with Crippen molar-refractivity contribution in [3.8, 4) is 5.75 Å². The Morgan fingerprint density at radius 1 is 1.28 bits per heavy atom. The number of halogens is 1. The number of anilines is 1. The molecule has 8 nitrogen and oxygen atoms in total. The molecule has 1 N–H and O–H groups in total. The number of nitrogens with one attached hydrogen (secondary N) is 1. The van der Waals surface area contributed by atoms with E-state index < -0.39 is 6.09 Å². The van der Waals surface area contributed by atoms with Gasteiger partial charge in [0.25, 0.3) is 0 Å². The summed E-state index contributed by atoms with van der Waals surface area (Å²) in [6.07, 6.45) is 9.85. The minimum absolute atomic E-state index is 0.00211. The zero-order valence-corrected chi connectivity index (χ0v) is 15.8. The first-order chi connectivity index (χ1) is 14.2. The van der Waals surface area contributed by atoms with Crippen molar-refractivity contribution in [2.75, 3.05) is 18.0 Å². The van der Waals surface area contributed by atoms with Crippen LogP contribution in [0.2, 0.25) is 0 Å². The Morgan fingerprint density at radius 2 is 2.17 bits per heavy atom. The third-order valence-corrected chi connectivity index (χ3v) is 5.41. The highest BCUT2D eigenvalue weighted by Gasteiger charge is 2.28.